The predicted molar refractivity (Wildman–Crippen MR) is 63.8 cm³/mol. The average molecular weight is 240 g/mol. The van der Waals surface area contributed by atoms with Crippen LogP contribution < -0.4 is 0 Å². The lowest BCUT2D eigenvalue weighted by Crippen LogP contribution is -1.96. The van der Waals surface area contributed by atoms with Crippen LogP contribution in [-0.4, -0.2) is 10.8 Å². The Balaban J connectivity index is 2.55. The maximum atomic E-state index is 11.0. The molecule has 0 spiro atoms. The number of aryl methyl sites for hydroxylation is 1. The first-order valence-electron chi connectivity index (χ1n) is 4.61. The van der Waals surface area contributed by atoms with Crippen molar-refractivity contribution in [2.24, 2.45) is 0 Å². The van der Waals surface area contributed by atoms with Crippen LogP contribution in [0.3, 0.4) is 0 Å². The highest BCUT2D eigenvalue weighted by Crippen LogP contribution is 2.28. The largest absolute Gasteiger partial charge is 0.300 e. The number of hydrogen-bond acceptors (Lipinski definition) is 3. The van der Waals surface area contributed by atoms with Gasteiger partial charge in [-0.15, -0.1) is 11.3 Å². The summed E-state index contributed by atoms with van der Waals surface area (Å²) < 4.78 is 1.07. The molecule has 0 saturated carbocycles. The lowest BCUT2D eigenvalue weighted by Gasteiger charge is -2.00. The molecule has 1 aromatic carbocycles. The summed E-state index contributed by atoms with van der Waals surface area (Å²) in [4.78, 5) is 15.4. The molecule has 0 radical (unpaired) electrons. The van der Waals surface area contributed by atoms with E-state index in [2.05, 4.69) is 4.98 Å². The molecule has 0 N–H and O–H groups in total. The Morgan fingerprint density at radius 2 is 2.27 bits per heavy atom. The molecule has 2 aromatic rings. The van der Waals surface area contributed by atoms with Crippen molar-refractivity contribution < 1.29 is 4.79 Å². The molecular weight excluding hydrogens is 230 g/mol. The zero-order chi connectivity index (χ0) is 11.0. The zero-order valence-electron chi connectivity index (χ0n) is 8.50. The molecule has 0 saturated heterocycles. The summed E-state index contributed by atoms with van der Waals surface area (Å²) in [5, 5.41) is 1.67. The van der Waals surface area contributed by atoms with Crippen LogP contribution in [0.4, 0.5) is 0 Å². The fourth-order valence-electron chi connectivity index (χ4n) is 1.51. The van der Waals surface area contributed by atoms with Gasteiger partial charge in [0, 0.05) is 11.4 Å². The molecule has 1 heterocycles. The van der Waals surface area contributed by atoms with Crippen LogP contribution >= 0.6 is 22.9 Å². The van der Waals surface area contributed by atoms with E-state index >= 15 is 0 Å². The second-order valence-electron chi connectivity index (χ2n) is 3.52. The first-order valence-corrected chi connectivity index (χ1v) is 5.80. The minimum absolute atomic E-state index is 0.114. The van der Waals surface area contributed by atoms with Gasteiger partial charge in [-0.25, -0.2) is 4.98 Å². The van der Waals surface area contributed by atoms with E-state index in [0.29, 0.717) is 11.4 Å². The van der Waals surface area contributed by atoms with E-state index < -0.39 is 0 Å². The summed E-state index contributed by atoms with van der Waals surface area (Å²) in [5.74, 6) is 0.114. The van der Waals surface area contributed by atoms with Crippen molar-refractivity contribution in [2.45, 2.75) is 20.3 Å². The van der Waals surface area contributed by atoms with E-state index in [-0.39, 0.29) is 5.78 Å². The van der Waals surface area contributed by atoms with Gasteiger partial charge in [-0.3, -0.25) is 4.79 Å². The number of hydrogen-bond donors (Lipinski definition) is 0. The number of Topliss-reactive ketones (excluding diaryl/α,β-unsaturated/α-hetero) is 1. The van der Waals surface area contributed by atoms with E-state index in [9.17, 15) is 4.79 Å². The van der Waals surface area contributed by atoms with Gasteiger partial charge in [0.15, 0.2) is 0 Å². The van der Waals surface area contributed by atoms with Gasteiger partial charge in [-0.1, -0.05) is 11.6 Å². The summed E-state index contributed by atoms with van der Waals surface area (Å²) in [6, 6.07) is 3.79. The molecule has 0 unspecified atom stereocenters. The number of benzene rings is 1. The van der Waals surface area contributed by atoms with E-state index in [4.69, 9.17) is 11.6 Å². The number of nitrogens with zero attached hydrogens (tertiary/aromatic N) is 1. The molecule has 0 atom stereocenters. The minimum atomic E-state index is 0.114. The van der Waals surface area contributed by atoms with Crippen molar-refractivity contribution in [1.82, 2.24) is 4.98 Å². The van der Waals surface area contributed by atoms with Crippen LogP contribution in [0.2, 0.25) is 5.02 Å². The van der Waals surface area contributed by atoms with E-state index in [1.807, 2.05) is 19.1 Å². The molecule has 0 fully saturated rings. The molecule has 2 nitrogen and oxygen atoms in total. The number of halogens is 1. The Labute approximate surface area is 96.9 Å². The third-order valence-electron chi connectivity index (χ3n) is 2.10. The van der Waals surface area contributed by atoms with Gasteiger partial charge in [-0.2, -0.15) is 0 Å². The highest BCUT2D eigenvalue weighted by molar-refractivity contribution is 7.18. The molecule has 0 aliphatic carbocycles. The summed E-state index contributed by atoms with van der Waals surface area (Å²) in [6.45, 7) is 3.52. The Bertz CT molecular complexity index is 533. The lowest BCUT2D eigenvalue weighted by atomic mass is 10.1. The van der Waals surface area contributed by atoms with Crippen LogP contribution in [0.5, 0.6) is 0 Å². The average Bonchev–Trinajstić information content (AvgIpc) is 2.44. The lowest BCUT2D eigenvalue weighted by molar-refractivity contribution is -0.116. The number of aromatic nitrogens is 1. The van der Waals surface area contributed by atoms with E-state index in [1.54, 1.807) is 18.3 Å². The maximum Gasteiger partial charge on any atom is 0.134 e. The van der Waals surface area contributed by atoms with Crippen molar-refractivity contribution in [3.05, 3.63) is 27.7 Å². The summed E-state index contributed by atoms with van der Waals surface area (Å²) in [6.07, 6.45) is 0.380. The first-order chi connectivity index (χ1) is 7.06. The molecule has 0 aliphatic rings. The van der Waals surface area contributed by atoms with Crippen LogP contribution in [0.15, 0.2) is 12.1 Å². The van der Waals surface area contributed by atoms with E-state index in [0.717, 1.165) is 20.8 Å². The van der Waals surface area contributed by atoms with Crippen molar-refractivity contribution >= 4 is 38.9 Å². The smallest absolute Gasteiger partial charge is 0.134 e. The zero-order valence-corrected chi connectivity index (χ0v) is 10.1. The number of carbonyl (C=O) groups is 1. The highest BCUT2D eigenvalue weighted by atomic mass is 35.5. The van der Waals surface area contributed by atoms with Gasteiger partial charge in [0.05, 0.1) is 15.2 Å². The highest BCUT2D eigenvalue weighted by Gasteiger charge is 2.08. The minimum Gasteiger partial charge on any atom is -0.300 e. The molecule has 4 heteroatoms. The molecule has 1 aromatic heterocycles. The molecule has 0 bridgehead atoms. The van der Waals surface area contributed by atoms with Gasteiger partial charge in [0.25, 0.3) is 0 Å². The van der Waals surface area contributed by atoms with Crippen LogP contribution in [0.1, 0.15) is 17.5 Å². The number of fused-ring (bicyclic) bond motifs is 1. The summed E-state index contributed by atoms with van der Waals surface area (Å²) in [5.41, 5.74) is 1.79. The Hall–Kier alpha value is -0.930. The Kier molecular flexibility index (Phi) is 2.76. The second-order valence-corrected chi connectivity index (χ2v) is 5.16. The fourth-order valence-corrected chi connectivity index (χ4v) is 2.65. The summed E-state index contributed by atoms with van der Waals surface area (Å²) in [7, 11) is 0. The molecule has 15 heavy (non-hydrogen) atoms. The van der Waals surface area contributed by atoms with Gasteiger partial charge >= 0.3 is 0 Å². The first kappa shape index (κ1) is 10.6. The van der Waals surface area contributed by atoms with Crippen LogP contribution in [0, 0.1) is 6.92 Å². The number of rotatable bonds is 2. The number of carbonyl (C=O) groups excluding carboxylic acids is 1. The van der Waals surface area contributed by atoms with Gasteiger partial charge in [-0.05, 0) is 31.5 Å². The third-order valence-corrected chi connectivity index (χ3v) is 3.39. The quantitative estimate of drug-likeness (QED) is 0.804. The molecule has 0 aliphatic heterocycles. The predicted octanol–water partition coefficient (Wildman–Crippen LogP) is 3.39. The molecule has 2 rings (SSSR count). The molecule has 0 amide bonds. The third kappa shape index (κ3) is 2.19. The second kappa shape index (κ2) is 3.91. The van der Waals surface area contributed by atoms with E-state index in [1.165, 1.54) is 0 Å². The maximum absolute atomic E-state index is 11.0. The Morgan fingerprint density at radius 3 is 2.93 bits per heavy atom. The SMILES string of the molecule is CC(=O)Cc1cc2nc(C)sc2cc1Cl. The normalized spacial score (nSPS) is 10.9. The molecule has 78 valence electrons. The van der Waals surface area contributed by atoms with Crippen molar-refractivity contribution in [3.8, 4) is 0 Å². The van der Waals surface area contributed by atoms with Crippen molar-refractivity contribution in [2.75, 3.05) is 0 Å². The number of thiazole rings is 1. The van der Waals surface area contributed by atoms with Gasteiger partial charge < -0.3 is 0 Å². The summed E-state index contributed by atoms with van der Waals surface area (Å²) >= 11 is 7.70. The molecular formula is C11H10ClNOS. The standard InChI is InChI=1S/C11H10ClNOS/c1-6(14)3-8-4-10-11(5-9(8)12)15-7(2)13-10/h4-5H,3H2,1-2H3. The fraction of sp³-hybridized carbons (Fsp3) is 0.273. The topological polar surface area (TPSA) is 30.0 Å². The van der Waals surface area contributed by atoms with Crippen LogP contribution in [-0.2, 0) is 11.2 Å². The Morgan fingerprint density at radius 1 is 1.53 bits per heavy atom. The number of ketones is 1. The van der Waals surface area contributed by atoms with Crippen molar-refractivity contribution in [1.29, 1.82) is 0 Å². The van der Waals surface area contributed by atoms with Gasteiger partial charge in [0.2, 0.25) is 0 Å². The van der Waals surface area contributed by atoms with Crippen LogP contribution in [0.25, 0.3) is 10.2 Å². The van der Waals surface area contributed by atoms with Crippen molar-refractivity contribution in [3.63, 3.8) is 0 Å². The van der Waals surface area contributed by atoms with Gasteiger partial charge in [0.1, 0.15) is 5.78 Å². The monoisotopic (exact) mass is 239 g/mol.